The lowest BCUT2D eigenvalue weighted by Crippen LogP contribution is -2.03. The first kappa shape index (κ1) is 12.3. The van der Waals surface area contributed by atoms with Crippen LogP contribution in [0.1, 0.15) is 11.6 Å². The van der Waals surface area contributed by atoms with Crippen molar-refractivity contribution in [3.63, 3.8) is 0 Å². The molecule has 0 amide bonds. The highest BCUT2D eigenvalue weighted by Crippen LogP contribution is 2.24. The molecule has 1 heterocycles. The minimum absolute atomic E-state index is 0.280. The van der Waals surface area contributed by atoms with E-state index in [4.69, 9.17) is 5.73 Å². The van der Waals surface area contributed by atoms with Gasteiger partial charge < -0.3 is 5.73 Å². The van der Waals surface area contributed by atoms with E-state index in [1.165, 1.54) is 0 Å². The first-order valence-corrected chi connectivity index (χ1v) is 6.77. The van der Waals surface area contributed by atoms with Crippen molar-refractivity contribution in [1.29, 1.82) is 0 Å². The van der Waals surface area contributed by atoms with Gasteiger partial charge in [0.25, 0.3) is 0 Å². The summed E-state index contributed by atoms with van der Waals surface area (Å²) in [6.45, 7) is 1.81. The summed E-state index contributed by atoms with van der Waals surface area (Å²) in [5, 5.41) is 0. The van der Waals surface area contributed by atoms with Gasteiger partial charge in [-0.3, -0.25) is 0 Å². The number of halogens is 1. The van der Waals surface area contributed by atoms with Crippen molar-refractivity contribution >= 4 is 33.6 Å². The third kappa shape index (κ3) is 3.67. The number of hydrogen-bond acceptors (Lipinski definition) is 5. The zero-order valence-electron chi connectivity index (χ0n) is 9.22. The largest absolute Gasteiger partial charge is 0.368 e. The maximum absolute atomic E-state index is 5.57. The summed E-state index contributed by atoms with van der Waals surface area (Å²) < 4.78 is 1.06. The van der Waals surface area contributed by atoms with E-state index < -0.39 is 0 Å². The van der Waals surface area contributed by atoms with Gasteiger partial charge in [0.05, 0.1) is 5.75 Å². The summed E-state index contributed by atoms with van der Waals surface area (Å²) in [5.41, 5.74) is 5.57. The van der Waals surface area contributed by atoms with Crippen molar-refractivity contribution in [3.05, 3.63) is 40.4 Å². The van der Waals surface area contributed by atoms with Crippen LogP contribution in [-0.4, -0.2) is 15.0 Å². The summed E-state index contributed by atoms with van der Waals surface area (Å²) in [5.74, 6) is 2.33. The summed E-state index contributed by atoms with van der Waals surface area (Å²) in [6.07, 6.45) is 0. The highest BCUT2D eigenvalue weighted by atomic mass is 79.9. The van der Waals surface area contributed by atoms with Gasteiger partial charge in [0.15, 0.2) is 0 Å². The Bertz CT molecular complexity index is 512. The van der Waals surface area contributed by atoms with Gasteiger partial charge in [-0.25, -0.2) is 4.98 Å². The van der Waals surface area contributed by atoms with E-state index in [-0.39, 0.29) is 5.95 Å². The molecule has 6 heteroatoms. The van der Waals surface area contributed by atoms with Crippen molar-refractivity contribution in [3.8, 4) is 0 Å². The quantitative estimate of drug-likeness (QED) is 0.883. The van der Waals surface area contributed by atoms with Crippen LogP contribution in [0.4, 0.5) is 5.95 Å². The average molecular weight is 311 g/mol. The number of thioether (sulfide) groups is 1. The maximum atomic E-state index is 5.57. The van der Waals surface area contributed by atoms with Gasteiger partial charge in [0.2, 0.25) is 5.95 Å². The molecule has 0 saturated heterocycles. The molecular weight excluding hydrogens is 300 g/mol. The molecule has 0 saturated carbocycles. The Hall–Kier alpha value is -1.14. The fourth-order valence-electron chi connectivity index (χ4n) is 1.33. The van der Waals surface area contributed by atoms with Crippen molar-refractivity contribution in [2.45, 2.75) is 17.6 Å². The molecule has 1 aromatic carbocycles. The molecule has 0 atom stereocenters. The summed E-state index contributed by atoms with van der Waals surface area (Å²) in [4.78, 5) is 13.4. The molecule has 0 aliphatic carbocycles. The Labute approximate surface area is 112 Å². The molecule has 0 bridgehead atoms. The molecule has 1 aromatic heterocycles. The number of nitrogens with zero attached hydrogens (tertiary/aromatic N) is 3. The molecule has 0 unspecified atom stereocenters. The number of nitrogens with two attached hydrogens (primary N) is 1. The number of hydrogen-bond donors (Lipinski definition) is 1. The number of benzene rings is 1. The molecule has 17 heavy (non-hydrogen) atoms. The third-order valence-corrected chi connectivity index (χ3v) is 3.46. The van der Waals surface area contributed by atoms with Crippen LogP contribution in [0.15, 0.2) is 33.6 Å². The van der Waals surface area contributed by atoms with E-state index in [1.54, 1.807) is 11.8 Å². The molecule has 88 valence electrons. The number of rotatable bonds is 3. The van der Waals surface area contributed by atoms with E-state index in [0.29, 0.717) is 17.4 Å². The van der Waals surface area contributed by atoms with Crippen molar-refractivity contribution in [2.75, 3.05) is 5.73 Å². The van der Waals surface area contributed by atoms with E-state index >= 15 is 0 Å². The molecule has 0 radical (unpaired) electrons. The summed E-state index contributed by atoms with van der Waals surface area (Å²) in [6, 6.07) is 8.10. The highest BCUT2D eigenvalue weighted by Gasteiger charge is 2.02. The Morgan fingerprint density at radius 2 is 2.12 bits per heavy atom. The van der Waals surface area contributed by atoms with Gasteiger partial charge in [0, 0.05) is 9.37 Å². The second-order valence-electron chi connectivity index (χ2n) is 3.40. The standard InChI is InChI=1S/C11H11BrN4S/c1-7-14-10(16-11(13)15-7)6-17-9-4-2-3-8(12)5-9/h2-5H,6H2,1H3,(H2,13,14,15,16). The molecule has 2 N–H and O–H groups in total. The zero-order valence-corrected chi connectivity index (χ0v) is 11.6. The predicted molar refractivity (Wildman–Crippen MR) is 72.7 cm³/mol. The number of aryl methyl sites for hydroxylation is 1. The van der Waals surface area contributed by atoms with Crippen LogP contribution in [0, 0.1) is 6.92 Å². The molecule has 0 fully saturated rings. The van der Waals surface area contributed by atoms with Crippen LogP contribution < -0.4 is 5.73 Å². The van der Waals surface area contributed by atoms with Gasteiger partial charge in [0.1, 0.15) is 11.6 Å². The summed E-state index contributed by atoms with van der Waals surface area (Å²) in [7, 11) is 0. The molecule has 0 aliphatic heterocycles. The lowest BCUT2D eigenvalue weighted by Gasteiger charge is -2.03. The highest BCUT2D eigenvalue weighted by molar-refractivity contribution is 9.10. The normalized spacial score (nSPS) is 10.5. The average Bonchev–Trinajstić information content (AvgIpc) is 2.25. The van der Waals surface area contributed by atoms with E-state index in [1.807, 2.05) is 25.1 Å². The monoisotopic (exact) mass is 310 g/mol. The number of nitrogen functional groups attached to an aromatic ring is 1. The van der Waals surface area contributed by atoms with Gasteiger partial charge in [-0.05, 0) is 25.1 Å². The van der Waals surface area contributed by atoms with Crippen LogP contribution in [0.2, 0.25) is 0 Å². The minimum atomic E-state index is 0.280. The van der Waals surface area contributed by atoms with Crippen molar-refractivity contribution in [1.82, 2.24) is 15.0 Å². The van der Waals surface area contributed by atoms with Crippen LogP contribution in [0.3, 0.4) is 0 Å². The third-order valence-electron chi connectivity index (χ3n) is 1.97. The SMILES string of the molecule is Cc1nc(N)nc(CSc2cccc(Br)c2)n1. The second-order valence-corrected chi connectivity index (χ2v) is 5.37. The van der Waals surface area contributed by atoms with Crippen LogP contribution in [0.25, 0.3) is 0 Å². The number of anilines is 1. The van der Waals surface area contributed by atoms with Crippen LogP contribution in [-0.2, 0) is 5.75 Å². The predicted octanol–water partition coefficient (Wildman–Crippen LogP) is 2.82. The molecule has 2 aromatic rings. The van der Waals surface area contributed by atoms with Gasteiger partial charge in [-0.2, -0.15) is 9.97 Å². The molecule has 0 spiro atoms. The zero-order chi connectivity index (χ0) is 12.3. The lowest BCUT2D eigenvalue weighted by molar-refractivity contribution is 0.923. The smallest absolute Gasteiger partial charge is 0.223 e. The minimum Gasteiger partial charge on any atom is -0.368 e. The Morgan fingerprint density at radius 3 is 2.82 bits per heavy atom. The van der Waals surface area contributed by atoms with Crippen molar-refractivity contribution < 1.29 is 0 Å². The van der Waals surface area contributed by atoms with Crippen LogP contribution >= 0.6 is 27.7 Å². The summed E-state index contributed by atoms with van der Waals surface area (Å²) >= 11 is 5.10. The van der Waals surface area contributed by atoms with Crippen LogP contribution in [0.5, 0.6) is 0 Å². The fourth-order valence-corrected chi connectivity index (χ4v) is 2.69. The van der Waals surface area contributed by atoms with E-state index in [9.17, 15) is 0 Å². The molecule has 4 nitrogen and oxygen atoms in total. The Kier molecular flexibility index (Phi) is 3.96. The Morgan fingerprint density at radius 1 is 1.29 bits per heavy atom. The van der Waals surface area contributed by atoms with Gasteiger partial charge in [-0.15, -0.1) is 11.8 Å². The lowest BCUT2D eigenvalue weighted by atomic mass is 10.4. The van der Waals surface area contributed by atoms with Crippen molar-refractivity contribution in [2.24, 2.45) is 0 Å². The maximum Gasteiger partial charge on any atom is 0.223 e. The van der Waals surface area contributed by atoms with Gasteiger partial charge in [-0.1, -0.05) is 22.0 Å². The van der Waals surface area contributed by atoms with E-state index in [0.717, 1.165) is 9.37 Å². The fraction of sp³-hybridized carbons (Fsp3) is 0.182. The second kappa shape index (κ2) is 5.46. The molecular formula is C11H11BrN4S. The molecule has 2 rings (SSSR count). The van der Waals surface area contributed by atoms with E-state index in [2.05, 4.69) is 36.9 Å². The molecule has 0 aliphatic rings. The number of aromatic nitrogens is 3. The van der Waals surface area contributed by atoms with Gasteiger partial charge >= 0.3 is 0 Å². The Balaban J connectivity index is 2.07. The first-order valence-electron chi connectivity index (χ1n) is 4.99. The first-order chi connectivity index (χ1) is 8.13. The topological polar surface area (TPSA) is 64.7 Å².